The summed E-state index contributed by atoms with van der Waals surface area (Å²) in [6.45, 7) is 0. The molecule has 0 aliphatic rings. The minimum atomic E-state index is -0.645. The normalized spacial score (nSPS) is 10.1. The second-order valence-corrected chi connectivity index (χ2v) is 5.36. The van der Waals surface area contributed by atoms with Crippen molar-refractivity contribution in [2.45, 2.75) is 0 Å². The lowest BCUT2D eigenvalue weighted by atomic mass is 10.3. The van der Waals surface area contributed by atoms with Gasteiger partial charge in [-0.05, 0) is 17.5 Å². The van der Waals surface area contributed by atoms with Crippen molar-refractivity contribution in [3.05, 3.63) is 44.1 Å². The smallest absolute Gasteiger partial charge is 0.324 e. The van der Waals surface area contributed by atoms with Crippen LogP contribution in [0.25, 0.3) is 0 Å². The Morgan fingerprint density at radius 3 is 2.63 bits per heavy atom. The Labute approximate surface area is 114 Å². The van der Waals surface area contributed by atoms with Gasteiger partial charge in [0.2, 0.25) is 0 Å². The molecule has 0 aliphatic carbocycles. The highest BCUT2D eigenvalue weighted by molar-refractivity contribution is 7.17. The van der Waals surface area contributed by atoms with Crippen molar-refractivity contribution in [1.82, 2.24) is 0 Å². The van der Waals surface area contributed by atoms with Crippen LogP contribution in [-0.2, 0) is 0 Å². The largest absolute Gasteiger partial charge is 0.366 e. The molecule has 9 heteroatoms. The summed E-state index contributed by atoms with van der Waals surface area (Å²) in [4.78, 5) is 33.1. The summed E-state index contributed by atoms with van der Waals surface area (Å²) < 4.78 is 0. The zero-order valence-electron chi connectivity index (χ0n) is 9.28. The van der Waals surface area contributed by atoms with Crippen molar-refractivity contribution >= 4 is 44.5 Å². The third-order valence-electron chi connectivity index (χ3n) is 2.15. The van der Waals surface area contributed by atoms with Crippen LogP contribution in [0.15, 0.2) is 23.6 Å². The van der Waals surface area contributed by atoms with Crippen molar-refractivity contribution < 1.29 is 14.5 Å². The fourth-order valence-corrected chi connectivity index (χ4v) is 2.82. The van der Waals surface area contributed by atoms with Crippen LogP contribution in [0.4, 0.5) is 10.0 Å². The second kappa shape index (κ2) is 5.16. The molecule has 19 heavy (non-hydrogen) atoms. The Bertz CT molecular complexity index is 661. The molecule has 0 unspecified atom stereocenters. The van der Waals surface area contributed by atoms with E-state index in [1.807, 2.05) is 0 Å². The second-order valence-electron chi connectivity index (χ2n) is 3.38. The molecule has 3 N–H and O–H groups in total. The van der Waals surface area contributed by atoms with Gasteiger partial charge in [0.1, 0.15) is 5.00 Å². The maximum Gasteiger partial charge on any atom is 0.324 e. The average Bonchev–Trinajstić information content (AvgIpc) is 2.96. The van der Waals surface area contributed by atoms with Crippen LogP contribution in [0.2, 0.25) is 0 Å². The van der Waals surface area contributed by atoms with Crippen molar-refractivity contribution in [3.8, 4) is 0 Å². The zero-order chi connectivity index (χ0) is 14.0. The molecule has 2 amide bonds. The molecule has 2 rings (SSSR count). The third kappa shape index (κ3) is 2.77. The summed E-state index contributed by atoms with van der Waals surface area (Å²) in [5.41, 5.74) is 5.36. The number of primary amides is 1. The van der Waals surface area contributed by atoms with Gasteiger partial charge in [0.15, 0.2) is 0 Å². The monoisotopic (exact) mass is 297 g/mol. The quantitative estimate of drug-likeness (QED) is 0.663. The number of anilines is 1. The van der Waals surface area contributed by atoms with E-state index < -0.39 is 16.7 Å². The Balaban J connectivity index is 2.18. The van der Waals surface area contributed by atoms with Crippen molar-refractivity contribution in [2.75, 3.05) is 5.32 Å². The first-order valence-electron chi connectivity index (χ1n) is 4.92. The molecule has 2 aromatic rings. The van der Waals surface area contributed by atoms with Gasteiger partial charge in [0.05, 0.1) is 15.4 Å². The van der Waals surface area contributed by atoms with E-state index in [2.05, 4.69) is 5.32 Å². The highest BCUT2D eigenvalue weighted by Crippen LogP contribution is 2.27. The fourth-order valence-electron chi connectivity index (χ4n) is 1.31. The summed E-state index contributed by atoms with van der Waals surface area (Å²) in [6, 6.07) is 4.11. The van der Waals surface area contributed by atoms with Crippen LogP contribution in [0.3, 0.4) is 0 Å². The number of hydrogen-bond acceptors (Lipinski definition) is 6. The molecule has 0 saturated heterocycles. The number of thiophene rings is 2. The summed E-state index contributed by atoms with van der Waals surface area (Å²) in [7, 11) is 0. The number of carbonyl (C=O) groups excluding carboxylic acids is 2. The molecule has 0 radical (unpaired) electrons. The van der Waals surface area contributed by atoms with Gasteiger partial charge in [-0.1, -0.05) is 11.3 Å². The lowest BCUT2D eigenvalue weighted by Crippen LogP contribution is -2.15. The Kier molecular flexibility index (Phi) is 3.58. The molecule has 0 spiro atoms. The minimum absolute atomic E-state index is 0.119. The fraction of sp³-hybridized carbons (Fsp3) is 0. The first-order valence-corrected chi connectivity index (χ1v) is 6.61. The van der Waals surface area contributed by atoms with Gasteiger partial charge in [-0.25, -0.2) is 0 Å². The molecular formula is C10H7N3O4S2. The van der Waals surface area contributed by atoms with Crippen LogP contribution in [0.1, 0.15) is 20.0 Å². The number of amides is 2. The zero-order valence-corrected chi connectivity index (χ0v) is 10.9. The number of nitrogens with zero attached hydrogens (tertiary/aromatic N) is 1. The maximum absolute atomic E-state index is 11.9. The predicted octanol–water partition coefficient (Wildman–Crippen LogP) is 2.07. The highest BCUT2D eigenvalue weighted by Gasteiger charge is 2.18. The molecule has 0 bridgehead atoms. The van der Waals surface area contributed by atoms with Crippen molar-refractivity contribution in [3.63, 3.8) is 0 Å². The molecule has 2 aromatic heterocycles. The maximum atomic E-state index is 11.9. The standard InChI is InChI=1S/C10H7N3O4S2/c11-8(14)5-3-4-18-10(5)12-9(15)6-1-2-7(19-6)13(16)17/h1-4H,(H2,11,14)(H,12,15). The summed E-state index contributed by atoms with van der Waals surface area (Å²) in [5, 5.41) is 14.9. The first kappa shape index (κ1) is 13.2. The number of carbonyl (C=O) groups is 2. The number of rotatable bonds is 4. The van der Waals surface area contributed by atoms with E-state index in [-0.39, 0.29) is 15.4 Å². The van der Waals surface area contributed by atoms with E-state index in [9.17, 15) is 19.7 Å². The van der Waals surface area contributed by atoms with Crippen LogP contribution >= 0.6 is 22.7 Å². The van der Waals surface area contributed by atoms with E-state index in [0.717, 1.165) is 22.7 Å². The van der Waals surface area contributed by atoms with Gasteiger partial charge in [-0.15, -0.1) is 11.3 Å². The van der Waals surface area contributed by atoms with Crippen molar-refractivity contribution in [1.29, 1.82) is 0 Å². The molecule has 0 saturated carbocycles. The highest BCUT2D eigenvalue weighted by atomic mass is 32.1. The Morgan fingerprint density at radius 2 is 2.05 bits per heavy atom. The molecule has 0 fully saturated rings. The van der Waals surface area contributed by atoms with Gasteiger partial charge >= 0.3 is 5.00 Å². The molecule has 7 nitrogen and oxygen atoms in total. The number of nitrogens with one attached hydrogen (secondary N) is 1. The molecule has 0 aromatic carbocycles. The lowest BCUT2D eigenvalue weighted by Gasteiger charge is -2.01. The molecule has 2 heterocycles. The van der Waals surface area contributed by atoms with Crippen LogP contribution in [0, 0.1) is 10.1 Å². The summed E-state index contributed by atoms with van der Waals surface area (Å²) >= 11 is 1.91. The minimum Gasteiger partial charge on any atom is -0.366 e. The molecule has 98 valence electrons. The Hall–Kier alpha value is -2.26. The summed E-state index contributed by atoms with van der Waals surface area (Å²) in [6.07, 6.45) is 0. The molecule has 0 atom stereocenters. The van der Waals surface area contributed by atoms with Gasteiger partial charge < -0.3 is 11.1 Å². The van der Waals surface area contributed by atoms with Crippen LogP contribution < -0.4 is 11.1 Å². The average molecular weight is 297 g/mol. The first-order chi connectivity index (χ1) is 8.99. The van der Waals surface area contributed by atoms with E-state index >= 15 is 0 Å². The SMILES string of the molecule is NC(=O)c1ccsc1NC(=O)c1ccc([N+](=O)[O-])s1. The van der Waals surface area contributed by atoms with Crippen LogP contribution in [0.5, 0.6) is 0 Å². The molecular weight excluding hydrogens is 290 g/mol. The van der Waals surface area contributed by atoms with E-state index in [0.29, 0.717) is 5.00 Å². The third-order valence-corrected chi connectivity index (χ3v) is 4.02. The number of nitro groups is 1. The molecule has 0 aliphatic heterocycles. The van der Waals surface area contributed by atoms with Crippen LogP contribution in [-0.4, -0.2) is 16.7 Å². The summed E-state index contributed by atoms with van der Waals surface area (Å²) in [5.74, 6) is -1.16. The number of nitrogens with two attached hydrogens (primary N) is 1. The van der Waals surface area contributed by atoms with E-state index in [1.165, 1.54) is 18.2 Å². The lowest BCUT2D eigenvalue weighted by molar-refractivity contribution is -0.380. The van der Waals surface area contributed by atoms with Crippen molar-refractivity contribution in [2.24, 2.45) is 5.73 Å². The van der Waals surface area contributed by atoms with Gasteiger partial charge in [0, 0.05) is 6.07 Å². The predicted molar refractivity (Wildman–Crippen MR) is 71.8 cm³/mol. The topological polar surface area (TPSA) is 115 Å². The van der Waals surface area contributed by atoms with E-state index in [1.54, 1.807) is 5.38 Å². The van der Waals surface area contributed by atoms with Gasteiger partial charge in [-0.2, -0.15) is 0 Å². The van der Waals surface area contributed by atoms with Gasteiger partial charge in [-0.3, -0.25) is 19.7 Å². The Morgan fingerprint density at radius 1 is 1.32 bits per heavy atom. The van der Waals surface area contributed by atoms with Gasteiger partial charge in [0.25, 0.3) is 11.8 Å². The number of hydrogen-bond donors (Lipinski definition) is 2. The van der Waals surface area contributed by atoms with E-state index in [4.69, 9.17) is 5.73 Å².